The van der Waals surface area contributed by atoms with E-state index in [-0.39, 0.29) is 0 Å². The Balaban J connectivity index is 2.14. The average molecular weight is 291 g/mol. The molecule has 2 N–H and O–H groups in total. The molecule has 0 aliphatic rings. The minimum atomic E-state index is 0.771. The molecule has 1 heterocycles. The highest BCUT2D eigenvalue weighted by atomic mass is 15.2. The summed E-state index contributed by atoms with van der Waals surface area (Å²) in [5.41, 5.74) is 11.2. The van der Waals surface area contributed by atoms with E-state index < -0.39 is 0 Å². The van der Waals surface area contributed by atoms with Gasteiger partial charge in [-0.25, -0.2) is 4.98 Å². The van der Waals surface area contributed by atoms with Crippen LogP contribution in [0.2, 0.25) is 0 Å². The molecule has 2 aromatic carbocycles. The summed E-state index contributed by atoms with van der Waals surface area (Å²) in [6.07, 6.45) is 0. The van der Waals surface area contributed by atoms with Crippen LogP contribution >= 0.6 is 0 Å². The molecule has 0 amide bonds. The van der Waals surface area contributed by atoms with Gasteiger partial charge in [0.1, 0.15) is 5.82 Å². The van der Waals surface area contributed by atoms with E-state index in [4.69, 9.17) is 10.7 Å². The number of pyridine rings is 1. The molecule has 112 valence electrons. The van der Waals surface area contributed by atoms with Gasteiger partial charge in [-0.3, -0.25) is 0 Å². The molecule has 0 saturated carbocycles. The van der Waals surface area contributed by atoms with Crippen molar-refractivity contribution in [3.8, 4) is 0 Å². The van der Waals surface area contributed by atoms with Gasteiger partial charge in [-0.1, -0.05) is 12.1 Å². The van der Waals surface area contributed by atoms with Crippen molar-refractivity contribution in [1.29, 1.82) is 0 Å². The number of nitrogens with two attached hydrogens (primary N) is 1. The number of aromatic nitrogens is 1. The second-order valence-electron chi connectivity index (χ2n) is 5.66. The number of anilines is 3. The number of aryl methyl sites for hydroxylation is 2. The van der Waals surface area contributed by atoms with Gasteiger partial charge in [0, 0.05) is 23.3 Å². The number of hydrogen-bond acceptors (Lipinski definition) is 3. The van der Waals surface area contributed by atoms with Crippen LogP contribution in [0.4, 0.5) is 17.2 Å². The molecule has 22 heavy (non-hydrogen) atoms. The van der Waals surface area contributed by atoms with Gasteiger partial charge in [-0.05, 0) is 68.3 Å². The van der Waals surface area contributed by atoms with E-state index >= 15 is 0 Å². The molecule has 3 aromatic rings. The predicted octanol–water partition coefficient (Wildman–Crippen LogP) is 4.59. The third-order valence-corrected chi connectivity index (χ3v) is 3.89. The molecule has 3 rings (SSSR count). The zero-order chi connectivity index (χ0) is 15.7. The summed E-state index contributed by atoms with van der Waals surface area (Å²) < 4.78 is 0. The molecule has 0 saturated heterocycles. The third kappa shape index (κ3) is 2.62. The Labute approximate surface area is 131 Å². The lowest BCUT2D eigenvalue weighted by Crippen LogP contribution is -2.18. The Morgan fingerprint density at radius 1 is 1.05 bits per heavy atom. The topological polar surface area (TPSA) is 42.2 Å². The minimum absolute atomic E-state index is 0.771. The Hall–Kier alpha value is -2.55. The summed E-state index contributed by atoms with van der Waals surface area (Å²) in [6, 6.07) is 16.5. The fourth-order valence-corrected chi connectivity index (χ4v) is 2.81. The van der Waals surface area contributed by atoms with Crippen LogP contribution in [0, 0.1) is 13.8 Å². The maximum atomic E-state index is 5.87. The van der Waals surface area contributed by atoms with Crippen LogP contribution in [0.5, 0.6) is 0 Å². The van der Waals surface area contributed by atoms with Crippen molar-refractivity contribution in [2.24, 2.45) is 0 Å². The van der Waals surface area contributed by atoms with E-state index in [0.29, 0.717) is 0 Å². The molecule has 3 nitrogen and oxygen atoms in total. The summed E-state index contributed by atoms with van der Waals surface area (Å²) in [7, 11) is 0. The van der Waals surface area contributed by atoms with Gasteiger partial charge < -0.3 is 10.6 Å². The monoisotopic (exact) mass is 291 g/mol. The minimum Gasteiger partial charge on any atom is -0.399 e. The van der Waals surface area contributed by atoms with E-state index in [9.17, 15) is 0 Å². The maximum Gasteiger partial charge on any atom is 0.136 e. The van der Waals surface area contributed by atoms with Gasteiger partial charge in [-0.2, -0.15) is 0 Å². The molecule has 1 aromatic heterocycles. The zero-order valence-corrected chi connectivity index (χ0v) is 13.3. The fraction of sp³-hybridized carbons (Fsp3) is 0.211. The third-order valence-electron chi connectivity index (χ3n) is 3.89. The van der Waals surface area contributed by atoms with Crippen molar-refractivity contribution in [2.75, 3.05) is 17.2 Å². The van der Waals surface area contributed by atoms with E-state index in [1.54, 1.807) is 0 Å². The van der Waals surface area contributed by atoms with Crippen molar-refractivity contribution in [3.63, 3.8) is 0 Å². The summed E-state index contributed by atoms with van der Waals surface area (Å²) in [4.78, 5) is 7.11. The highest BCUT2D eigenvalue weighted by Gasteiger charge is 2.13. The van der Waals surface area contributed by atoms with E-state index in [2.05, 4.69) is 56.0 Å². The van der Waals surface area contributed by atoms with Gasteiger partial charge in [0.2, 0.25) is 0 Å². The van der Waals surface area contributed by atoms with Gasteiger partial charge in [0.15, 0.2) is 0 Å². The molecule has 0 fully saturated rings. The summed E-state index contributed by atoms with van der Waals surface area (Å²) in [5.74, 6) is 1.00. The Kier molecular flexibility index (Phi) is 3.72. The van der Waals surface area contributed by atoms with E-state index in [0.717, 1.165) is 34.5 Å². The van der Waals surface area contributed by atoms with Crippen molar-refractivity contribution >= 4 is 28.1 Å². The Morgan fingerprint density at radius 2 is 1.86 bits per heavy atom. The molecule has 0 aliphatic heterocycles. The highest BCUT2D eigenvalue weighted by molar-refractivity contribution is 5.85. The second kappa shape index (κ2) is 5.68. The normalized spacial score (nSPS) is 10.9. The number of nitrogens with zero attached hydrogens (tertiary/aromatic N) is 2. The van der Waals surface area contributed by atoms with Gasteiger partial charge >= 0.3 is 0 Å². The Bertz CT molecular complexity index is 824. The number of rotatable bonds is 3. The van der Waals surface area contributed by atoms with Crippen LogP contribution in [0.15, 0.2) is 48.5 Å². The molecule has 0 atom stereocenters. The Morgan fingerprint density at radius 3 is 2.59 bits per heavy atom. The standard InChI is InChI=1S/C19H21N3/c1-4-22(17-7-5-6-13(2)10-17)19-14(3)11-15-12-16(20)8-9-18(15)21-19/h5-12H,4,20H2,1-3H3. The second-order valence-corrected chi connectivity index (χ2v) is 5.66. The van der Waals surface area contributed by atoms with Crippen molar-refractivity contribution in [3.05, 3.63) is 59.7 Å². The average Bonchev–Trinajstić information content (AvgIpc) is 2.49. The van der Waals surface area contributed by atoms with Gasteiger partial charge in [0.25, 0.3) is 0 Å². The quantitative estimate of drug-likeness (QED) is 0.717. The molecule has 0 spiro atoms. The first-order valence-electron chi connectivity index (χ1n) is 7.59. The number of nitrogen functional groups attached to an aromatic ring is 1. The molecular weight excluding hydrogens is 270 g/mol. The van der Waals surface area contributed by atoms with Crippen LogP contribution in [0.1, 0.15) is 18.1 Å². The summed E-state index contributed by atoms with van der Waals surface area (Å²) >= 11 is 0. The van der Waals surface area contributed by atoms with E-state index in [1.807, 2.05) is 18.2 Å². The predicted molar refractivity (Wildman–Crippen MR) is 94.8 cm³/mol. The van der Waals surface area contributed by atoms with Crippen LogP contribution in [0.3, 0.4) is 0 Å². The van der Waals surface area contributed by atoms with Crippen LogP contribution in [0.25, 0.3) is 10.9 Å². The first-order valence-corrected chi connectivity index (χ1v) is 7.59. The molecular formula is C19H21N3. The largest absolute Gasteiger partial charge is 0.399 e. The van der Waals surface area contributed by atoms with E-state index in [1.165, 1.54) is 11.3 Å². The van der Waals surface area contributed by atoms with Crippen LogP contribution < -0.4 is 10.6 Å². The number of benzene rings is 2. The first-order chi connectivity index (χ1) is 10.6. The van der Waals surface area contributed by atoms with Crippen molar-refractivity contribution in [1.82, 2.24) is 4.98 Å². The lowest BCUT2D eigenvalue weighted by molar-refractivity contribution is 0.986. The van der Waals surface area contributed by atoms with Crippen LogP contribution in [-0.2, 0) is 0 Å². The molecule has 3 heteroatoms. The maximum absolute atomic E-state index is 5.87. The molecule has 0 aliphatic carbocycles. The SMILES string of the molecule is CCN(c1cccc(C)c1)c1nc2ccc(N)cc2cc1C. The number of hydrogen-bond donors (Lipinski definition) is 1. The zero-order valence-electron chi connectivity index (χ0n) is 13.3. The smallest absolute Gasteiger partial charge is 0.136 e. The molecule has 0 unspecified atom stereocenters. The summed E-state index contributed by atoms with van der Waals surface area (Å²) in [5, 5.41) is 1.08. The van der Waals surface area contributed by atoms with Gasteiger partial charge in [-0.15, -0.1) is 0 Å². The summed E-state index contributed by atoms with van der Waals surface area (Å²) in [6.45, 7) is 7.23. The van der Waals surface area contributed by atoms with Crippen molar-refractivity contribution in [2.45, 2.75) is 20.8 Å². The first kappa shape index (κ1) is 14.4. The molecule has 0 bridgehead atoms. The lowest BCUT2D eigenvalue weighted by atomic mass is 10.1. The molecule has 0 radical (unpaired) electrons. The van der Waals surface area contributed by atoms with Crippen LogP contribution in [-0.4, -0.2) is 11.5 Å². The van der Waals surface area contributed by atoms with Gasteiger partial charge in [0.05, 0.1) is 5.52 Å². The highest BCUT2D eigenvalue weighted by Crippen LogP contribution is 2.30. The van der Waals surface area contributed by atoms with Crippen molar-refractivity contribution < 1.29 is 0 Å². The fourth-order valence-electron chi connectivity index (χ4n) is 2.81. The lowest BCUT2D eigenvalue weighted by Gasteiger charge is -2.24. The number of fused-ring (bicyclic) bond motifs is 1.